The molecule has 0 amide bonds. The summed E-state index contributed by atoms with van der Waals surface area (Å²) in [6.07, 6.45) is 9.80. The minimum atomic E-state index is -0.372. The van der Waals surface area contributed by atoms with Gasteiger partial charge in [0.25, 0.3) is 0 Å². The van der Waals surface area contributed by atoms with Crippen LogP contribution >= 0.6 is 0 Å². The third-order valence-corrected chi connectivity index (χ3v) is 5.22. The van der Waals surface area contributed by atoms with Gasteiger partial charge in [0.2, 0.25) is 0 Å². The Morgan fingerprint density at radius 3 is 2.61 bits per heavy atom. The molecule has 3 rings (SSSR count). The molecule has 0 unspecified atom stereocenters. The molecule has 1 aliphatic heterocycles. The standard InChI is InChI=1S/C20H31NO2/c22-18(15-21-13-6-2-1-3-7-14-21)16-23-20-12-8-10-17-9-4-5-11-19(17)20/h4-5,9,11,18,20,22H,1-3,6-8,10,12-16H2/t18-,20-/m0/s1. The molecule has 0 radical (unpaired) electrons. The van der Waals surface area contributed by atoms with E-state index in [0.29, 0.717) is 6.61 Å². The lowest BCUT2D eigenvalue weighted by molar-refractivity contribution is -0.0286. The van der Waals surface area contributed by atoms with E-state index in [4.69, 9.17) is 4.74 Å². The van der Waals surface area contributed by atoms with E-state index < -0.39 is 0 Å². The lowest BCUT2D eigenvalue weighted by Gasteiger charge is -2.29. The zero-order valence-electron chi connectivity index (χ0n) is 14.3. The fourth-order valence-electron chi connectivity index (χ4n) is 3.96. The van der Waals surface area contributed by atoms with Gasteiger partial charge in [0.1, 0.15) is 0 Å². The lowest BCUT2D eigenvalue weighted by atomic mass is 9.89. The third-order valence-electron chi connectivity index (χ3n) is 5.22. The second-order valence-corrected chi connectivity index (χ2v) is 7.14. The maximum atomic E-state index is 10.4. The molecule has 1 N–H and O–H groups in total. The van der Waals surface area contributed by atoms with Gasteiger partial charge >= 0.3 is 0 Å². The van der Waals surface area contributed by atoms with Crippen LogP contribution < -0.4 is 0 Å². The molecule has 1 saturated heterocycles. The first-order chi connectivity index (χ1) is 11.3. The number of ether oxygens (including phenoxy) is 1. The summed E-state index contributed by atoms with van der Waals surface area (Å²) in [5.41, 5.74) is 2.75. The van der Waals surface area contributed by atoms with Gasteiger partial charge in [0.15, 0.2) is 0 Å². The van der Waals surface area contributed by atoms with Crippen molar-refractivity contribution in [3.8, 4) is 0 Å². The summed E-state index contributed by atoms with van der Waals surface area (Å²) in [5, 5.41) is 10.4. The Labute approximate surface area is 140 Å². The number of benzene rings is 1. The van der Waals surface area contributed by atoms with E-state index in [-0.39, 0.29) is 12.2 Å². The van der Waals surface area contributed by atoms with Gasteiger partial charge in [-0.2, -0.15) is 0 Å². The minimum absolute atomic E-state index is 0.168. The van der Waals surface area contributed by atoms with Crippen LogP contribution in [0.3, 0.4) is 0 Å². The molecule has 0 bridgehead atoms. The normalized spacial score (nSPS) is 24.5. The number of hydrogen-bond acceptors (Lipinski definition) is 3. The topological polar surface area (TPSA) is 32.7 Å². The maximum Gasteiger partial charge on any atom is 0.0900 e. The second kappa shape index (κ2) is 8.81. The highest BCUT2D eigenvalue weighted by Crippen LogP contribution is 2.32. The number of aliphatic hydroxyl groups is 1. The van der Waals surface area contributed by atoms with Crippen molar-refractivity contribution >= 4 is 0 Å². The zero-order valence-corrected chi connectivity index (χ0v) is 14.3. The van der Waals surface area contributed by atoms with E-state index in [1.54, 1.807) is 0 Å². The molecule has 1 fully saturated rings. The highest BCUT2D eigenvalue weighted by atomic mass is 16.5. The number of β-amino-alcohol motifs (C(OH)–C–C–N with tert-alkyl or cyclic N) is 1. The van der Waals surface area contributed by atoms with Crippen LogP contribution in [0.2, 0.25) is 0 Å². The zero-order chi connectivity index (χ0) is 15.9. The molecule has 3 heteroatoms. The van der Waals surface area contributed by atoms with Gasteiger partial charge < -0.3 is 14.7 Å². The van der Waals surface area contributed by atoms with Crippen molar-refractivity contribution in [2.24, 2.45) is 0 Å². The van der Waals surface area contributed by atoms with Crippen LogP contribution in [0.4, 0.5) is 0 Å². The highest BCUT2D eigenvalue weighted by Gasteiger charge is 2.22. The average molecular weight is 317 g/mol. The average Bonchev–Trinajstić information content (AvgIpc) is 2.55. The van der Waals surface area contributed by atoms with Crippen LogP contribution in [-0.4, -0.2) is 42.4 Å². The summed E-state index contributed by atoms with van der Waals surface area (Å²) in [5.74, 6) is 0. The van der Waals surface area contributed by atoms with E-state index in [1.165, 1.54) is 49.7 Å². The maximum absolute atomic E-state index is 10.4. The van der Waals surface area contributed by atoms with Gasteiger partial charge in [0.05, 0.1) is 18.8 Å². The number of rotatable bonds is 5. The number of aliphatic hydroxyl groups excluding tert-OH is 1. The van der Waals surface area contributed by atoms with Gasteiger partial charge in [-0.25, -0.2) is 0 Å². The minimum Gasteiger partial charge on any atom is -0.389 e. The quantitative estimate of drug-likeness (QED) is 0.898. The first-order valence-corrected chi connectivity index (χ1v) is 9.43. The summed E-state index contributed by atoms with van der Waals surface area (Å²) >= 11 is 0. The first-order valence-electron chi connectivity index (χ1n) is 9.43. The van der Waals surface area contributed by atoms with Crippen molar-refractivity contribution in [1.82, 2.24) is 4.90 Å². The van der Waals surface area contributed by atoms with E-state index >= 15 is 0 Å². The molecule has 0 aromatic heterocycles. The smallest absolute Gasteiger partial charge is 0.0900 e. The third kappa shape index (κ3) is 5.03. The Balaban J connectivity index is 1.46. The first kappa shape index (κ1) is 16.9. The molecule has 0 saturated carbocycles. The van der Waals surface area contributed by atoms with Crippen LogP contribution in [0.1, 0.15) is 62.2 Å². The second-order valence-electron chi connectivity index (χ2n) is 7.14. The molecular formula is C20H31NO2. The molecule has 128 valence electrons. The Bertz CT molecular complexity index is 468. The molecule has 1 aromatic carbocycles. The van der Waals surface area contributed by atoms with Gasteiger partial charge in [-0.15, -0.1) is 0 Å². The highest BCUT2D eigenvalue weighted by molar-refractivity contribution is 5.31. The lowest BCUT2D eigenvalue weighted by Crippen LogP contribution is -2.37. The van der Waals surface area contributed by atoms with Crippen molar-refractivity contribution < 1.29 is 9.84 Å². The van der Waals surface area contributed by atoms with Crippen molar-refractivity contribution in [3.63, 3.8) is 0 Å². The number of aryl methyl sites for hydroxylation is 1. The van der Waals surface area contributed by atoms with E-state index in [0.717, 1.165) is 32.5 Å². The molecule has 1 aromatic rings. The van der Waals surface area contributed by atoms with Gasteiger partial charge in [-0.05, 0) is 56.3 Å². The van der Waals surface area contributed by atoms with E-state index in [2.05, 4.69) is 29.2 Å². The molecule has 2 atom stereocenters. The van der Waals surface area contributed by atoms with Crippen LogP contribution in [0, 0.1) is 0 Å². The Hall–Kier alpha value is -0.900. The van der Waals surface area contributed by atoms with Crippen molar-refractivity contribution in [2.45, 2.75) is 63.6 Å². The monoisotopic (exact) mass is 317 g/mol. The Morgan fingerprint density at radius 2 is 1.78 bits per heavy atom. The number of likely N-dealkylation sites (tertiary alicyclic amines) is 1. The number of fused-ring (bicyclic) bond motifs is 1. The molecule has 3 nitrogen and oxygen atoms in total. The Kier molecular flexibility index (Phi) is 6.49. The molecule has 1 heterocycles. The van der Waals surface area contributed by atoms with E-state index in [9.17, 15) is 5.11 Å². The SMILES string of the molecule is O[C@H](CO[C@H]1CCCc2ccccc21)CN1CCCCCCC1. The predicted molar refractivity (Wildman–Crippen MR) is 93.6 cm³/mol. The van der Waals surface area contributed by atoms with E-state index in [1.807, 2.05) is 0 Å². The molecule has 1 aliphatic carbocycles. The summed E-state index contributed by atoms with van der Waals surface area (Å²) in [6, 6.07) is 8.60. The van der Waals surface area contributed by atoms with Crippen molar-refractivity contribution in [2.75, 3.05) is 26.2 Å². The molecule has 23 heavy (non-hydrogen) atoms. The van der Waals surface area contributed by atoms with Crippen LogP contribution in [0.15, 0.2) is 24.3 Å². The largest absolute Gasteiger partial charge is 0.389 e. The summed E-state index contributed by atoms with van der Waals surface area (Å²) in [4.78, 5) is 2.42. The van der Waals surface area contributed by atoms with Crippen LogP contribution in [-0.2, 0) is 11.2 Å². The number of hydrogen-bond donors (Lipinski definition) is 1. The van der Waals surface area contributed by atoms with Crippen LogP contribution in [0.25, 0.3) is 0 Å². The fraction of sp³-hybridized carbons (Fsp3) is 0.700. The summed E-state index contributed by atoms with van der Waals surface area (Å²) in [7, 11) is 0. The number of nitrogens with zero attached hydrogens (tertiary/aromatic N) is 1. The van der Waals surface area contributed by atoms with Crippen molar-refractivity contribution in [3.05, 3.63) is 35.4 Å². The fourth-order valence-corrected chi connectivity index (χ4v) is 3.96. The molecule has 2 aliphatic rings. The Morgan fingerprint density at radius 1 is 1.04 bits per heavy atom. The summed E-state index contributed by atoms with van der Waals surface area (Å²) < 4.78 is 6.09. The summed E-state index contributed by atoms with van der Waals surface area (Å²) in [6.45, 7) is 3.47. The predicted octanol–water partition coefficient (Wildman–Crippen LogP) is 3.71. The van der Waals surface area contributed by atoms with Crippen LogP contribution in [0.5, 0.6) is 0 Å². The van der Waals surface area contributed by atoms with Gasteiger partial charge in [0, 0.05) is 6.54 Å². The molecule has 0 spiro atoms. The van der Waals surface area contributed by atoms with Gasteiger partial charge in [-0.1, -0.05) is 43.5 Å². The van der Waals surface area contributed by atoms with Gasteiger partial charge in [-0.3, -0.25) is 0 Å². The van der Waals surface area contributed by atoms with Crippen molar-refractivity contribution in [1.29, 1.82) is 0 Å². The molecular weight excluding hydrogens is 286 g/mol.